The molecule has 0 spiro atoms. The summed E-state index contributed by atoms with van der Waals surface area (Å²) in [5.74, 6) is 0. The molecule has 0 N–H and O–H groups in total. The number of halogens is 4. The smallest absolute Gasteiger partial charge is 0.173 e. The van der Waals surface area contributed by atoms with Gasteiger partial charge in [0.15, 0.2) is 4.33 Å². The molecule has 1 atom stereocenters. The lowest BCUT2D eigenvalue weighted by Crippen LogP contribution is -2.36. The van der Waals surface area contributed by atoms with Gasteiger partial charge in [0, 0.05) is 6.61 Å². The van der Waals surface area contributed by atoms with E-state index in [-0.39, 0.29) is 6.10 Å². The predicted octanol–water partition coefficient (Wildman–Crippen LogP) is 3.14. The number of ether oxygens (including phenoxy) is 1. The van der Waals surface area contributed by atoms with E-state index in [4.69, 9.17) is 51.1 Å². The van der Waals surface area contributed by atoms with Gasteiger partial charge >= 0.3 is 0 Å². The Morgan fingerprint density at radius 1 is 1.36 bits per heavy atom. The molecule has 66 valence electrons. The Bertz CT molecular complexity index is 131. The fourth-order valence-corrected chi connectivity index (χ4v) is 1.65. The highest BCUT2D eigenvalue weighted by Crippen LogP contribution is 2.40. The maximum atomic E-state index is 5.85. The van der Waals surface area contributed by atoms with Crippen LogP contribution in [0.4, 0.5) is 0 Å². The first-order valence-corrected chi connectivity index (χ1v) is 4.95. The summed E-state index contributed by atoms with van der Waals surface area (Å²) >= 11 is 22.8. The summed E-state index contributed by atoms with van der Waals surface area (Å²) in [6, 6.07) is 0. The number of hydrogen-bond donors (Lipinski definition) is 0. The van der Waals surface area contributed by atoms with Crippen LogP contribution in [0.3, 0.4) is 0 Å². The van der Waals surface area contributed by atoms with E-state index in [1.54, 1.807) is 0 Å². The average Bonchev–Trinajstić information content (AvgIpc) is 2.37. The van der Waals surface area contributed by atoms with E-state index >= 15 is 0 Å². The predicted molar refractivity (Wildman–Crippen MR) is 48.9 cm³/mol. The standard InChI is InChI=1S/C6H8Cl4O/c7-5(8)6(9,10)4-2-1-3-11-4/h4-5H,1-3H2. The Morgan fingerprint density at radius 2 is 2.00 bits per heavy atom. The van der Waals surface area contributed by atoms with Crippen molar-refractivity contribution in [1.82, 2.24) is 0 Å². The van der Waals surface area contributed by atoms with Gasteiger partial charge in [0.05, 0.1) is 6.10 Å². The van der Waals surface area contributed by atoms with Crippen molar-refractivity contribution in [1.29, 1.82) is 0 Å². The summed E-state index contributed by atoms with van der Waals surface area (Å²) in [7, 11) is 0. The second-order valence-corrected chi connectivity index (χ2v) is 5.02. The van der Waals surface area contributed by atoms with E-state index in [9.17, 15) is 0 Å². The van der Waals surface area contributed by atoms with Crippen LogP contribution in [0.1, 0.15) is 12.8 Å². The Kier molecular flexibility index (Phi) is 3.60. The van der Waals surface area contributed by atoms with Gasteiger partial charge in [-0.2, -0.15) is 0 Å². The minimum atomic E-state index is -1.17. The van der Waals surface area contributed by atoms with E-state index in [2.05, 4.69) is 0 Å². The Hall–Kier alpha value is 1.12. The van der Waals surface area contributed by atoms with Crippen LogP contribution >= 0.6 is 46.4 Å². The third-order valence-electron chi connectivity index (χ3n) is 1.65. The molecule has 1 unspecified atom stereocenters. The summed E-state index contributed by atoms with van der Waals surface area (Å²) in [5, 5.41) is 0. The van der Waals surface area contributed by atoms with Crippen LogP contribution in [0.15, 0.2) is 0 Å². The van der Waals surface area contributed by atoms with E-state index < -0.39 is 9.17 Å². The lowest BCUT2D eigenvalue weighted by atomic mass is 10.2. The van der Waals surface area contributed by atoms with Crippen molar-refractivity contribution in [2.45, 2.75) is 28.1 Å². The summed E-state index contributed by atoms with van der Waals surface area (Å²) in [6.45, 7) is 0.687. The number of hydrogen-bond acceptors (Lipinski definition) is 1. The lowest BCUT2D eigenvalue weighted by molar-refractivity contribution is 0.100. The third kappa shape index (κ3) is 2.28. The molecule has 0 radical (unpaired) electrons. The first kappa shape index (κ1) is 10.2. The van der Waals surface area contributed by atoms with E-state index in [1.807, 2.05) is 0 Å². The van der Waals surface area contributed by atoms with Crippen LogP contribution < -0.4 is 0 Å². The number of alkyl halides is 4. The van der Waals surface area contributed by atoms with Crippen molar-refractivity contribution < 1.29 is 4.74 Å². The molecule has 0 saturated carbocycles. The molecule has 0 aromatic heterocycles. The molecule has 1 saturated heterocycles. The van der Waals surface area contributed by atoms with Crippen molar-refractivity contribution in [2.75, 3.05) is 6.61 Å². The molecule has 11 heavy (non-hydrogen) atoms. The summed E-state index contributed by atoms with van der Waals surface area (Å²) in [4.78, 5) is -0.811. The van der Waals surface area contributed by atoms with E-state index in [0.717, 1.165) is 12.8 Å². The first-order valence-electron chi connectivity index (χ1n) is 3.32. The minimum Gasteiger partial charge on any atom is -0.375 e. The van der Waals surface area contributed by atoms with Gasteiger partial charge in [-0.3, -0.25) is 0 Å². The highest BCUT2D eigenvalue weighted by molar-refractivity contribution is 6.60. The third-order valence-corrected chi connectivity index (χ3v) is 3.71. The molecule has 1 heterocycles. The van der Waals surface area contributed by atoms with Crippen molar-refractivity contribution in [3.63, 3.8) is 0 Å². The zero-order valence-electron chi connectivity index (χ0n) is 5.70. The minimum absolute atomic E-state index is 0.231. The maximum Gasteiger partial charge on any atom is 0.173 e. The van der Waals surface area contributed by atoms with Gasteiger partial charge in [-0.1, -0.05) is 23.2 Å². The zero-order valence-corrected chi connectivity index (χ0v) is 8.72. The van der Waals surface area contributed by atoms with Crippen LogP contribution in [0.2, 0.25) is 0 Å². The highest BCUT2D eigenvalue weighted by atomic mass is 35.5. The van der Waals surface area contributed by atoms with Crippen molar-refractivity contribution in [2.24, 2.45) is 0 Å². The second kappa shape index (κ2) is 3.89. The fraction of sp³-hybridized carbons (Fsp3) is 1.00. The van der Waals surface area contributed by atoms with Crippen LogP contribution in [-0.4, -0.2) is 21.9 Å². The fourth-order valence-electron chi connectivity index (χ4n) is 1.02. The normalized spacial score (nSPS) is 26.5. The van der Waals surface area contributed by atoms with Gasteiger partial charge in [-0.25, -0.2) is 0 Å². The molecular formula is C6H8Cl4O. The molecule has 0 bridgehead atoms. The quantitative estimate of drug-likeness (QED) is 0.671. The van der Waals surface area contributed by atoms with Crippen molar-refractivity contribution in [3.05, 3.63) is 0 Å². The lowest BCUT2D eigenvalue weighted by Gasteiger charge is -2.26. The number of rotatable bonds is 2. The van der Waals surface area contributed by atoms with Crippen LogP contribution in [-0.2, 0) is 4.74 Å². The monoisotopic (exact) mass is 236 g/mol. The maximum absolute atomic E-state index is 5.85. The van der Waals surface area contributed by atoms with Gasteiger partial charge in [-0.15, -0.1) is 23.2 Å². The highest BCUT2D eigenvalue weighted by Gasteiger charge is 2.43. The molecule has 0 aliphatic carbocycles. The van der Waals surface area contributed by atoms with Gasteiger partial charge in [-0.05, 0) is 12.8 Å². The molecule has 1 aliphatic heterocycles. The largest absolute Gasteiger partial charge is 0.375 e. The van der Waals surface area contributed by atoms with Crippen LogP contribution in [0, 0.1) is 0 Å². The molecule has 1 nitrogen and oxygen atoms in total. The summed E-state index contributed by atoms with van der Waals surface area (Å²) in [5.41, 5.74) is 0. The summed E-state index contributed by atoms with van der Waals surface area (Å²) in [6.07, 6.45) is 1.56. The first-order chi connectivity index (χ1) is 5.05. The summed E-state index contributed by atoms with van der Waals surface area (Å²) < 4.78 is 4.08. The zero-order chi connectivity index (χ0) is 8.48. The van der Waals surface area contributed by atoms with Gasteiger partial charge in [0.1, 0.15) is 4.84 Å². The molecule has 0 aromatic rings. The molecule has 1 aliphatic rings. The second-order valence-electron chi connectivity index (χ2n) is 2.48. The van der Waals surface area contributed by atoms with Crippen LogP contribution in [0.25, 0.3) is 0 Å². The topological polar surface area (TPSA) is 9.23 Å². The Balaban J connectivity index is 2.55. The van der Waals surface area contributed by atoms with Crippen LogP contribution in [0.5, 0.6) is 0 Å². The molecule has 0 aromatic carbocycles. The van der Waals surface area contributed by atoms with Gasteiger partial charge in [0.25, 0.3) is 0 Å². The van der Waals surface area contributed by atoms with Gasteiger partial charge in [0.2, 0.25) is 0 Å². The average molecular weight is 238 g/mol. The van der Waals surface area contributed by atoms with Crippen molar-refractivity contribution in [3.8, 4) is 0 Å². The molecule has 1 rings (SSSR count). The molecule has 5 heteroatoms. The Labute approximate surface area is 85.9 Å². The Morgan fingerprint density at radius 3 is 2.36 bits per heavy atom. The van der Waals surface area contributed by atoms with E-state index in [1.165, 1.54) is 0 Å². The van der Waals surface area contributed by atoms with Crippen molar-refractivity contribution >= 4 is 46.4 Å². The molecule has 0 amide bonds. The SMILES string of the molecule is ClC(Cl)C(Cl)(Cl)C1CCCO1. The van der Waals surface area contributed by atoms with Gasteiger partial charge < -0.3 is 4.74 Å². The van der Waals surface area contributed by atoms with E-state index in [0.29, 0.717) is 6.61 Å². The molecule has 1 fully saturated rings. The molecular weight excluding hydrogens is 230 g/mol.